The molecular formula is C21H26O3S. The summed E-state index contributed by atoms with van der Waals surface area (Å²) in [6.07, 6.45) is 7.83. The van der Waals surface area contributed by atoms with Crippen LogP contribution < -0.4 is 4.74 Å². The number of ether oxygens (including phenoxy) is 2. The summed E-state index contributed by atoms with van der Waals surface area (Å²) < 4.78 is 10.4. The Morgan fingerprint density at radius 2 is 2.12 bits per heavy atom. The van der Waals surface area contributed by atoms with Gasteiger partial charge >= 0.3 is 5.97 Å². The van der Waals surface area contributed by atoms with Crippen molar-refractivity contribution in [1.29, 1.82) is 0 Å². The monoisotopic (exact) mass is 358 g/mol. The number of hydrogen-bond donors (Lipinski definition) is 0. The fourth-order valence-corrected chi connectivity index (χ4v) is 3.68. The summed E-state index contributed by atoms with van der Waals surface area (Å²) >= 11 is 1.86. The molecule has 0 saturated carbocycles. The summed E-state index contributed by atoms with van der Waals surface area (Å²) in [5.74, 6) is 1.55. The molecule has 0 unspecified atom stereocenters. The molecule has 134 valence electrons. The van der Waals surface area contributed by atoms with Crippen molar-refractivity contribution in [1.82, 2.24) is 0 Å². The third-order valence-electron chi connectivity index (χ3n) is 3.80. The number of allylic oxidation sites excluding steroid dienone is 5. The second-order valence-electron chi connectivity index (χ2n) is 6.71. The van der Waals surface area contributed by atoms with Crippen LogP contribution >= 0.6 is 11.8 Å². The summed E-state index contributed by atoms with van der Waals surface area (Å²) in [4.78, 5) is 12.8. The number of carbonyl (C=O) groups is 1. The Labute approximate surface area is 154 Å². The first-order valence-corrected chi connectivity index (χ1v) is 9.40. The van der Waals surface area contributed by atoms with Crippen LogP contribution in [0.1, 0.15) is 33.3 Å². The number of thioether (sulfide) groups is 1. The molecule has 0 spiro atoms. The molecule has 0 bridgehead atoms. The Morgan fingerprint density at radius 1 is 1.36 bits per heavy atom. The third kappa shape index (κ3) is 5.53. The highest BCUT2D eigenvalue weighted by Gasteiger charge is 2.22. The predicted molar refractivity (Wildman–Crippen MR) is 105 cm³/mol. The number of hydrogen-bond acceptors (Lipinski definition) is 4. The molecule has 1 aromatic carbocycles. The largest absolute Gasteiger partial charge is 0.497 e. The van der Waals surface area contributed by atoms with Gasteiger partial charge in [-0.15, -0.1) is 11.8 Å². The fourth-order valence-electron chi connectivity index (χ4n) is 2.57. The summed E-state index contributed by atoms with van der Waals surface area (Å²) in [7, 11) is 1.68. The Bertz CT molecular complexity index is 727. The Kier molecular flexibility index (Phi) is 6.54. The van der Waals surface area contributed by atoms with Gasteiger partial charge in [0.1, 0.15) is 5.75 Å². The molecule has 0 radical (unpaired) electrons. The van der Waals surface area contributed by atoms with Crippen LogP contribution in [0.4, 0.5) is 0 Å². The normalized spacial score (nSPS) is 16.8. The molecule has 0 N–H and O–H groups in total. The molecular weight excluding hydrogens is 332 g/mol. The number of rotatable bonds is 5. The maximum atomic E-state index is 11.6. The van der Waals surface area contributed by atoms with Crippen molar-refractivity contribution in [2.24, 2.45) is 5.41 Å². The van der Waals surface area contributed by atoms with Crippen LogP contribution in [-0.4, -0.2) is 25.4 Å². The highest BCUT2D eigenvalue weighted by atomic mass is 32.2. The van der Waals surface area contributed by atoms with Gasteiger partial charge in [-0.25, -0.2) is 4.79 Å². The van der Waals surface area contributed by atoms with Crippen LogP contribution in [0.3, 0.4) is 0 Å². The van der Waals surface area contributed by atoms with Crippen molar-refractivity contribution in [2.75, 3.05) is 19.5 Å². The molecule has 3 nitrogen and oxygen atoms in total. The number of methoxy groups -OCH3 is 1. The van der Waals surface area contributed by atoms with Crippen molar-refractivity contribution in [2.45, 2.75) is 32.6 Å². The van der Waals surface area contributed by atoms with Crippen LogP contribution in [0.15, 0.2) is 53.0 Å². The van der Waals surface area contributed by atoms with Crippen molar-refractivity contribution in [3.8, 4) is 5.75 Å². The quantitative estimate of drug-likeness (QED) is 0.408. The highest BCUT2D eigenvalue weighted by Crippen LogP contribution is 2.41. The lowest BCUT2D eigenvalue weighted by atomic mass is 9.90. The van der Waals surface area contributed by atoms with E-state index in [0.717, 1.165) is 28.2 Å². The van der Waals surface area contributed by atoms with E-state index in [0.29, 0.717) is 6.61 Å². The number of benzene rings is 1. The first-order valence-electron chi connectivity index (χ1n) is 8.42. The zero-order valence-electron chi connectivity index (χ0n) is 15.6. The van der Waals surface area contributed by atoms with Gasteiger partial charge in [0, 0.05) is 16.7 Å². The van der Waals surface area contributed by atoms with E-state index in [1.807, 2.05) is 30.8 Å². The molecule has 4 heteroatoms. The summed E-state index contributed by atoms with van der Waals surface area (Å²) in [6.45, 7) is 8.56. The van der Waals surface area contributed by atoms with Gasteiger partial charge in [-0.3, -0.25) is 0 Å². The molecule has 1 aliphatic heterocycles. The van der Waals surface area contributed by atoms with Gasteiger partial charge in [0.25, 0.3) is 0 Å². The van der Waals surface area contributed by atoms with Crippen LogP contribution in [0.5, 0.6) is 5.75 Å². The molecule has 1 heterocycles. The SMILES string of the molecule is CCOC(=O)/C=C(C)/C=C/C1=CC(C)(C)CSc2ccc(OC)cc21. The van der Waals surface area contributed by atoms with E-state index in [1.165, 1.54) is 11.0 Å². The molecule has 1 aliphatic rings. The maximum Gasteiger partial charge on any atom is 0.330 e. The van der Waals surface area contributed by atoms with E-state index in [1.54, 1.807) is 14.0 Å². The molecule has 0 atom stereocenters. The Morgan fingerprint density at radius 3 is 2.80 bits per heavy atom. The number of esters is 1. The average Bonchev–Trinajstić information content (AvgIpc) is 2.69. The Hall–Kier alpha value is -1.94. The maximum absolute atomic E-state index is 11.6. The molecule has 0 aromatic heterocycles. The summed E-state index contributed by atoms with van der Waals surface area (Å²) in [5.41, 5.74) is 3.24. The van der Waals surface area contributed by atoms with E-state index in [-0.39, 0.29) is 11.4 Å². The van der Waals surface area contributed by atoms with Gasteiger partial charge in [0.2, 0.25) is 0 Å². The smallest absolute Gasteiger partial charge is 0.330 e. The summed E-state index contributed by atoms with van der Waals surface area (Å²) in [5, 5.41) is 0. The molecule has 0 fully saturated rings. The van der Waals surface area contributed by atoms with Gasteiger partial charge in [0.05, 0.1) is 13.7 Å². The first kappa shape index (κ1) is 19.4. The fraction of sp³-hybridized carbons (Fsp3) is 0.381. The van der Waals surface area contributed by atoms with E-state index in [9.17, 15) is 4.79 Å². The lowest BCUT2D eigenvalue weighted by Gasteiger charge is -2.17. The van der Waals surface area contributed by atoms with Crippen molar-refractivity contribution >= 4 is 23.3 Å². The standard InChI is InChI=1S/C21H26O3S/c1-6-24-20(22)11-15(2)7-8-16-13-21(3,4)14-25-19-10-9-17(23-5)12-18(16)19/h7-13H,6,14H2,1-5H3/b8-7+,15-11+. The average molecular weight is 359 g/mol. The molecule has 0 aliphatic carbocycles. The zero-order chi connectivity index (χ0) is 18.4. The molecule has 0 amide bonds. The topological polar surface area (TPSA) is 35.5 Å². The van der Waals surface area contributed by atoms with Gasteiger partial charge in [-0.2, -0.15) is 0 Å². The molecule has 2 rings (SSSR count). The van der Waals surface area contributed by atoms with Crippen molar-refractivity contribution in [3.63, 3.8) is 0 Å². The second kappa shape index (κ2) is 8.43. The zero-order valence-corrected chi connectivity index (χ0v) is 16.4. The van der Waals surface area contributed by atoms with Crippen LogP contribution in [0, 0.1) is 5.41 Å². The van der Waals surface area contributed by atoms with E-state index in [2.05, 4.69) is 38.1 Å². The second-order valence-corrected chi connectivity index (χ2v) is 7.73. The van der Waals surface area contributed by atoms with Gasteiger partial charge in [0.15, 0.2) is 0 Å². The molecule has 0 saturated heterocycles. The lowest BCUT2D eigenvalue weighted by Crippen LogP contribution is -2.09. The lowest BCUT2D eigenvalue weighted by molar-refractivity contribution is -0.137. The van der Waals surface area contributed by atoms with E-state index in [4.69, 9.17) is 9.47 Å². The Balaban J connectivity index is 2.38. The number of carbonyl (C=O) groups excluding carboxylic acids is 1. The van der Waals surface area contributed by atoms with Gasteiger partial charge in [-0.1, -0.05) is 32.1 Å². The van der Waals surface area contributed by atoms with E-state index < -0.39 is 0 Å². The van der Waals surface area contributed by atoms with Crippen molar-refractivity contribution in [3.05, 3.63) is 53.6 Å². The van der Waals surface area contributed by atoms with Gasteiger partial charge in [-0.05, 0) is 54.2 Å². The molecule has 25 heavy (non-hydrogen) atoms. The molecule has 1 aromatic rings. The van der Waals surface area contributed by atoms with Crippen molar-refractivity contribution < 1.29 is 14.3 Å². The minimum Gasteiger partial charge on any atom is -0.497 e. The van der Waals surface area contributed by atoms with Crippen LogP contribution in [0.25, 0.3) is 5.57 Å². The van der Waals surface area contributed by atoms with Crippen LogP contribution in [0.2, 0.25) is 0 Å². The highest BCUT2D eigenvalue weighted by molar-refractivity contribution is 7.99. The van der Waals surface area contributed by atoms with E-state index >= 15 is 0 Å². The number of fused-ring (bicyclic) bond motifs is 1. The minimum atomic E-state index is -0.308. The van der Waals surface area contributed by atoms with Crippen LogP contribution in [-0.2, 0) is 9.53 Å². The minimum absolute atomic E-state index is 0.0787. The summed E-state index contributed by atoms with van der Waals surface area (Å²) in [6, 6.07) is 6.19. The predicted octanol–water partition coefficient (Wildman–Crippen LogP) is 5.28. The third-order valence-corrected chi connectivity index (χ3v) is 5.36. The first-order chi connectivity index (χ1) is 11.8. The van der Waals surface area contributed by atoms with Gasteiger partial charge < -0.3 is 9.47 Å².